The number of amides is 1. The summed E-state index contributed by atoms with van der Waals surface area (Å²) in [5.41, 5.74) is 8.19. The summed E-state index contributed by atoms with van der Waals surface area (Å²) in [7, 11) is 0. The molecule has 4 rings (SSSR count). The van der Waals surface area contributed by atoms with Gasteiger partial charge in [0.1, 0.15) is 11.9 Å². The highest BCUT2D eigenvalue weighted by Crippen LogP contribution is 2.33. The van der Waals surface area contributed by atoms with Crippen molar-refractivity contribution in [1.29, 1.82) is 5.26 Å². The highest BCUT2D eigenvalue weighted by Gasteiger charge is 2.39. The average Bonchev–Trinajstić information content (AvgIpc) is 3.50. The van der Waals surface area contributed by atoms with Crippen LogP contribution < -0.4 is 21.8 Å². The van der Waals surface area contributed by atoms with Crippen molar-refractivity contribution in [2.45, 2.75) is 56.5 Å². The Morgan fingerprint density at radius 3 is 2.69 bits per heavy atom. The second-order valence-corrected chi connectivity index (χ2v) is 8.66. The molecule has 1 aromatic heterocycles. The third-order valence-electron chi connectivity index (χ3n) is 6.25. The first-order valence-electron chi connectivity index (χ1n) is 10.7. The lowest BCUT2D eigenvalue weighted by Crippen LogP contribution is -2.52. The third-order valence-corrected chi connectivity index (χ3v) is 6.25. The van der Waals surface area contributed by atoms with Gasteiger partial charge in [-0.1, -0.05) is 0 Å². The Bertz CT molecular complexity index is 907. The van der Waals surface area contributed by atoms with Crippen LogP contribution in [0.25, 0.3) is 0 Å². The minimum Gasteiger partial charge on any atom is -0.366 e. The van der Waals surface area contributed by atoms with E-state index in [9.17, 15) is 23.2 Å². The van der Waals surface area contributed by atoms with Gasteiger partial charge < -0.3 is 21.4 Å². The van der Waals surface area contributed by atoms with Crippen LogP contribution in [-0.2, 0) is 11.0 Å². The molecule has 0 aromatic carbocycles. The topological polar surface area (TPSA) is 119 Å². The fourth-order valence-electron chi connectivity index (χ4n) is 4.27. The number of anilines is 1. The Labute approximate surface area is 184 Å². The summed E-state index contributed by atoms with van der Waals surface area (Å²) in [5, 5.41) is 18.0. The molecule has 1 aromatic rings. The molecule has 2 aliphatic carbocycles. The first-order valence-corrected chi connectivity index (χ1v) is 10.7. The number of nitrogens with one attached hydrogen (secondary N) is 3. The summed E-state index contributed by atoms with van der Waals surface area (Å²) in [6.07, 6.45) is 2.29. The smallest absolute Gasteiger partial charge is 0.366 e. The number of carbonyl (C=O) groups is 1. The Balaban J connectivity index is 1.41. The van der Waals surface area contributed by atoms with Gasteiger partial charge in [0.15, 0.2) is 0 Å². The van der Waals surface area contributed by atoms with Crippen molar-refractivity contribution in [3.05, 3.63) is 35.8 Å². The lowest BCUT2D eigenvalue weighted by atomic mass is 9.82. The van der Waals surface area contributed by atoms with Crippen LogP contribution >= 0.6 is 0 Å². The highest BCUT2D eigenvalue weighted by atomic mass is 19.4. The van der Waals surface area contributed by atoms with Gasteiger partial charge in [-0.25, -0.2) is 10.4 Å². The molecule has 32 heavy (non-hydrogen) atoms. The van der Waals surface area contributed by atoms with Crippen LogP contribution in [0, 0.1) is 23.2 Å². The minimum absolute atomic E-state index is 0.147. The zero-order valence-electron chi connectivity index (χ0n) is 17.4. The van der Waals surface area contributed by atoms with E-state index in [-0.39, 0.29) is 17.5 Å². The van der Waals surface area contributed by atoms with E-state index in [1.165, 1.54) is 18.9 Å². The number of aromatic nitrogens is 1. The molecule has 1 amide bonds. The van der Waals surface area contributed by atoms with Gasteiger partial charge in [-0.3, -0.25) is 4.79 Å². The molecule has 5 N–H and O–H groups in total. The van der Waals surface area contributed by atoms with Gasteiger partial charge in [-0.2, -0.15) is 18.4 Å². The molecule has 0 radical (unpaired) electrons. The summed E-state index contributed by atoms with van der Waals surface area (Å²) in [4.78, 5) is 15.4. The van der Waals surface area contributed by atoms with Crippen molar-refractivity contribution in [2.75, 3.05) is 11.9 Å². The van der Waals surface area contributed by atoms with Gasteiger partial charge in [0.25, 0.3) is 0 Å². The number of carbonyl (C=O) groups excluding carboxylic acids is 1. The maximum atomic E-state index is 12.7. The largest absolute Gasteiger partial charge is 0.433 e. The quantitative estimate of drug-likeness (QED) is 0.503. The number of hydrazine groups is 1. The number of hydrogen-bond donors (Lipinski definition) is 4. The fraction of sp³-hybridized carbons (Fsp3) is 0.571. The third kappa shape index (κ3) is 5.14. The van der Waals surface area contributed by atoms with Crippen LogP contribution in [-0.4, -0.2) is 40.7 Å². The van der Waals surface area contributed by atoms with Gasteiger partial charge >= 0.3 is 6.18 Å². The first kappa shape index (κ1) is 22.4. The number of alkyl halides is 3. The van der Waals surface area contributed by atoms with Crippen LogP contribution in [0.1, 0.15) is 37.8 Å². The summed E-state index contributed by atoms with van der Waals surface area (Å²) in [5.74, 6) is -0.142. The molecule has 2 fully saturated rings. The molecule has 3 aliphatic rings. The highest BCUT2D eigenvalue weighted by molar-refractivity contribution is 5.94. The summed E-state index contributed by atoms with van der Waals surface area (Å²) in [6, 6.07) is 4.65. The molecule has 4 atom stereocenters. The van der Waals surface area contributed by atoms with E-state index in [0.717, 1.165) is 37.6 Å². The molecule has 1 aliphatic heterocycles. The van der Waals surface area contributed by atoms with Crippen molar-refractivity contribution in [3.63, 3.8) is 0 Å². The van der Waals surface area contributed by atoms with Gasteiger partial charge in [0.05, 0.1) is 35.5 Å². The molecule has 2 heterocycles. The lowest BCUT2D eigenvalue weighted by molar-refractivity contribution is -0.141. The van der Waals surface area contributed by atoms with Crippen molar-refractivity contribution in [3.8, 4) is 6.07 Å². The zero-order valence-corrected chi connectivity index (χ0v) is 17.4. The Hall–Kier alpha value is -2.84. The number of primary amides is 1. The minimum atomic E-state index is -4.53. The summed E-state index contributed by atoms with van der Waals surface area (Å²) in [6.45, 7) is 0.994. The molecule has 0 bridgehead atoms. The normalized spacial score (nSPS) is 28.2. The number of halogens is 3. The summed E-state index contributed by atoms with van der Waals surface area (Å²) < 4.78 is 38.2. The molecule has 2 saturated carbocycles. The number of hydrogen-bond acceptors (Lipinski definition) is 7. The fourth-order valence-corrected chi connectivity index (χ4v) is 4.27. The number of nitrogens with two attached hydrogens (primary N) is 1. The number of nitriles is 1. The number of pyridine rings is 1. The Kier molecular flexibility index (Phi) is 6.26. The lowest BCUT2D eigenvalue weighted by Gasteiger charge is -2.38. The van der Waals surface area contributed by atoms with Crippen molar-refractivity contribution < 1.29 is 18.0 Å². The standard InChI is InChI=1S/C21H26F3N7O/c22-21(23,24)18-6-4-15(10-28-18)29-20-16(19(26)32)11-31(30-20)17-5-3-14(7-13(17)8-25)27-9-12-1-2-12/h4,6,10-14,17,20,27,29-30H,1-3,5,7,9H2,(H2,26,32)/t13?,14-,17+,20?/m1/s1. The van der Waals surface area contributed by atoms with Crippen molar-refractivity contribution >= 4 is 11.6 Å². The molecule has 11 heteroatoms. The molecule has 0 spiro atoms. The van der Waals surface area contributed by atoms with Crippen LogP contribution in [0.5, 0.6) is 0 Å². The SMILES string of the molecule is N#CC1C[C@H](NCC2CC2)CC[C@@H]1N1C=C(C(N)=O)C(Nc2ccc(C(F)(F)F)nc2)N1. The predicted octanol–water partition coefficient (Wildman–Crippen LogP) is 2.09. The van der Waals surface area contributed by atoms with Crippen molar-refractivity contribution in [1.82, 2.24) is 20.7 Å². The molecule has 172 valence electrons. The second kappa shape index (κ2) is 8.96. The number of rotatable bonds is 7. The van der Waals surface area contributed by atoms with E-state index in [4.69, 9.17) is 5.73 Å². The maximum Gasteiger partial charge on any atom is 0.433 e. The molecular weight excluding hydrogens is 423 g/mol. The first-order chi connectivity index (χ1) is 15.2. The second-order valence-electron chi connectivity index (χ2n) is 8.66. The van der Waals surface area contributed by atoms with E-state index in [1.807, 2.05) is 0 Å². The van der Waals surface area contributed by atoms with Crippen molar-refractivity contribution in [2.24, 2.45) is 17.6 Å². The van der Waals surface area contributed by atoms with Crippen LogP contribution in [0.3, 0.4) is 0 Å². The molecular formula is C21H26F3N7O. The van der Waals surface area contributed by atoms with Crippen LogP contribution in [0.4, 0.5) is 18.9 Å². The van der Waals surface area contributed by atoms with E-state index in [1.54, 1.807) is 11.2 Å². The molecule has 0 saturated heterocycles. The van der Waals surface area contributed by atoms with Crippen LogP contribution in [0.15, 0.2) is 30.1 Å². The van der Waals surface area contributed by atoms with E-state index in [2.05, 4.69) is 27.1 Å². The Morgan fingerprint density at radius 1 is 1.31 bits per heavy atom. The van der Waals surface area contributed by atoms with E-state index < -0.39 is 23.9 Å². The monoisotopic (exact) mass is 449 g/mol. The summed E-state index contributed by atoms with van der Waals surface area (Å²) >= 11 is 0. The van der Waals surface area contributed by atoms with Crippen LogP contribution in [0.2, 0.25) is 0 Å². The predicted molar refractivity (Wildman–Crippen MR) is 110 cm³/mol. The molecule has 2 unspecified atom stereocenters. The Morgan fingerprint density at radius 2 is 2.09 bits per heavy atom. The van der Waals surface area contributed by atoms with Gasteiger partial charge in [0.2, 0.25) is 5.91 Å². The van der Waals surface area contributed by atoms with E-state index in [0.29, 0.717) is 18.2 Å². The van der Waals surface area contributed by atoms with Gasteiger partial charge in [-0.05, 0) is 56.7 Å². The van der Waals surface area contributed by atoms with E-state index >= 15 is 0 Å². The van der Waals surface area contributed by atoms with Gasteiger partial charge in [-0.15, -0.1) is 0 Å². The number of nitrogens with zero attached hydrogens (tertiary/aromatic N) is 3. The average molecular weight is 449 g/mol. The molecule has 8 nitrogen and oxygen atoms in total. The zero-order chi connectivity index (χ0) is 22.9. The van der Waals surface area contributed by atoms with Gasteiger partial charge in [0, 0.05) is 12.2 Å². The maximum absolute atomic E-state index is 12.7.